The summed E-state index contributed by atoms with van der Waals surface area (Å²) in [5.41, 5.74) is 0. The van der Waals surface area contributed by atoms with Crippen LogP contribution in [0.25, 0.3) is 0 Å². The van der Waals surface area contributed by atoms with E-state index < -0.39 is 7.25 Å². The van der Waals surface area contributed by atoms with Crippen molar-refractivity contribution in [3.63, 3.8) is 0 Å². The van der Waals surface area contributed by atoms with Gasteiger partial charge in [0.2, 0.25) is 6.33 Å². The minimum Gasteiger partial charge on any atom is -0.418 e. The standard InChI is InChI=1S/C8H15N2.BF4/c1-3-4-5-10-7-6-9(2)8-10;2-1(3,4)5/h6-8H,3-5H2,1-2H3;/q+1;-1. The van der Waals surface area contributed by atoms with Crippen LogP contribution in [0.1, 0.15) is 19.8 Å². The minimum absolute atomic E-state index is 1.15. The van der Waals surface area contributed by atoms with E-state index in [-0.39, 0.29) is 0 Å². The molecule has 15 heavy (non-hydrogen) atoms. The molecule has 0 fully saturated rings. The molecule has 0 bridgehead atoms. The number of unbranched alkanes of at least 4 members (excludes halogenated alkanes) is 1. The monoisotopic (exact) mass is 226 g/mol. The first-order valence-electron chi connectivity index (χ1n) is 4.71. The molecule has 0 amide bonds. The van der Waals surface area contributed by atoms with Gasteiger partial charge in [0.05, 0.1) is 13.6 Å². The lowest BCUT2D eigenvalue weighted by atomic mass is 10.3. The quantitative estimate of drug-likeness (QED) is 0.425. The number of hydrogen-bond acceptors (Lipinski definition) is 0. The van der Waals surface area contributed by atoms with E-state index in [0.717, 1.165) is 6.54 Å². The van der Waals surface area contributed by atoms with Crippen molar-refractivity contribution in [1.82, 2.24) is 4.57 Å². The fourth-order valence-electron chi connectivity index (χ4n) is 0.975. The van der Waals surface area contributed by atoms with Crippen molar-refractivity contribution in [2.75, 3.05) is 0 Å². The molecule has 1 aromatic heterocycles. The van der Waals surface area contributed by atoms with Gasteiger partial charge in [0, 0.05) is 0 Å². The molecule has 1 aromatic rings. The van der Waals surface area contributed by atoms with Gasteiger partial charge in [-0.15, -0.1) is 0 Å². The molecule has 0 spiro atoms. The van der Waals surface area contributed by atoms with Crippen molar-refractivity contribution < 1.29 is 21.8 Å². The zero-order chi connectivity index (χ0) is 11.9. The molecular weight excluding hydrogens is 211 g/mol. The second kappa shape index (κ2) is 6.47. The Labute approximate surface area is 86.6 Å². The predicted octanol–water partition coefficient (Wildman–Crippen LogP) is 2.41. The van der Waals surface area contributed by atoms with Gasteiger partial charge >= 0.3 is 7.25 Å². The Morgan fingerprint density at radius 1 is 1.27 bits per heavy atom. The Hall–Kier alpha value is -1.01. The zero-order valence-electron chi connectivity index (χ0n) is 8.84. The SMILES string of the molecule is CCCCn1cc[n+](C)c1.F[B-](F)(F)F. The third kappa shape index (κ3) is 10.9. The summed E-state index contributed by atoms with van der Waals surface area (Å²) in [5.74, 6) is 0. The highest BCUT2D eigenvalue weighted by Crippen LogP contribution is 2.06. The molecule has 0 saturated heterocycles. The summed E-state index contributed by atoms with van der Waals surface area (Å²) >= 11 is 0. The number of halogens is 4. The molecule has 7 heteroatoms. The molecule has 88 valence electrons. The van der Waals surface area contributed by atoms with Crippen LogP contribution in [-0.4, -0.2) is 11.8 Å². The van der Waals surface area contributed by atoms with Gasteiger partial charge in [0.25, 0.3) is 0 Å². The largest absolute Gasteiger partial charge is 0.673 e. The van der Waals surface area contributed by atoms with Crippen LogP contribution in [0, 0.1) is 0 Å². The average Bonchev–Trinajstić information content (AvgIpc) is 2.45. The second-order valence-electron chi connectivity index (χ2n) is 3.17. The summed E-state index contributed by atoms with van der Waals surface area (Å²) in [6.07, 6.45) is 8.82. The molecule has 0 N–H and O–H groups in total. The number of aromatic nitrogens is 2. The lowest BCUT2D eigenvalue weighted by molar-refractivity contribution is -0.671. The molecule has 0 atom stereocenters. The summed E-state index contributed by atoms with van der Waals surface area (Å²) in [7, 11) is -3.96. The Kier molecular flexibility index (Phi) is 6.04. The highest BCUT2D eigenvalue weighted by Gasteiger charge is 2.20. The number of aryl methyl sites for hydroxylation is 2. The Balaban J connectivity index is 0.000000336. The Morgan fingerprint density at radius 2 is 1.80 bits per heavy atom. The average molecular weight is 226 g/mol. The first kappa shape index (κ1) is 14.0. The Morgan fingerprint density at radius 3 is 2.13 bits per heavy atom. The fraction of sp³-hybridized carbons (Fsp3) is 0.625. The Bertz CT molecular complexity index is 266. The van der Waals surface area contributed by atoms with Crippen LogP contribution in [0.5, 0.6) is 0 Å². The van der Waals surface area contributed by atoms with E-state index in [9.17, 15) is 17.3 Å². The first-order chi connectivity index (χ1) is 6.83. The van der Waals surface area contributed by atoms with Crippen molar-refractivity contribution in [2.24, 2.45) is 7.05 Å². The zero-order valence-corrected chi connectivity index (χ0v) is 8.84. The van der Waals surface area contributed by atoms with Gasteiger partial charge in [-0.2, -0.15) is 0 Å². The lowest BCUT2D eigenvalue weighted by Gasteiger charge is -1.94. The van der Waals surface area contributed by atoms with Crippen molar-refractivity contribution in [3.05, 3.63) is 18.7 Å². The number of imidazole rings is 1. The predicted molar refractivity (Wildman–Crippen MR) is 50.7 cm³/mol. The van der Waals surface area contributed by atoms with Gasteiger partial charge in [-0.05, 0) is 6.42 Å². The molecule has 0 aliphatic heterocycles. The van der Waals surface area contributed by atoms with Crippen LogP contribution in [-0.2, 0) is 13.6 Å². The molecule has 0 radical (unpaired) electrons. The third-order valence-electron chi connectivity index (χ3n) is 1.59. The van der Waals surface area contributed by atoms with Gasteiger partial charge in [-0.1, -0.05) is 13.3 Å². The van der Waals surface area contributed by atoms with Crippen molar-refractivity contribution >= 4 is 7.25 Å². The maximum absolute atomic E-state index is 9.75. The van der Waals surface area contributed by atoms with Crippen molar-refractivity contribution in [1.29, 1.82) is 0 Å². The molecule has 0 aliphatic rings. The van der Waals surface area contributed by atoms with E-state index in [0.29, 0.717) is 0 Å². The van der Waals surface area contributed by atoms with E-state index in [1.54, 1.807) is 0 Å². The van der Waals surface area contributed by atoms with Crippen LogP contribution in [0.2, 0.25) is 0 Å². The summed E-state index contributed by atoms with van der Waals surface area (Å²) in [5, 5.41) is 0. The second-order valence-corrected chi connectivity index (χ2v) is 3.17. The molecule has 1 rings (SSSR count). The van der Waals surface area contributed by atoms with Gasteiger partial charge in [-0.3, -0.25) is 0 Å². The molecule has 0 aromatic carbocycles. The van der Waals surface area contributed by atoms with Crippen LogP contribution in [0.15, 0.2) is 18.7 Å². The van der Waals surface area contributed by atoms with Crippen LogP contribution in [0.3, 0.4) is 0 Å². The molecule has 0 saturated carbocycles. The van der Waals surface area contributed by atoms with Gasteiger partial charge in [0.15, 0.2) is 0 Å². The van der Waals surface area contributed by atoms with E-state index in [1.807, 2.05) is 7.05 Å². The minimum atomic E-state index is -6.00. The smallest absolute Gasteiger partial charge is 0.418 e. The van der Waals surface area contributed by atoms with Crippen LogP contribution in [0.4, 0.5) is 17.3 Å². The molecule has 0 unspecified atom stereocenters. The van der Waals surface area contributed by atoms with Crippen LogP contribution >= 0.6 is 0 Å². The van der Waals surface area contributed by atoms with E-state index >= 15 is 0 Å². The fourth-order valence-corrected chi connectivity index (χ4v) is 0.975. The molecular formula is C8H15BF4N2. The van der Waals surface area contributed by atoms with E-state index in [4.69, 9.17) is 0 Å². The molecule has 2 nitrogen and oxygen atoms in total. The van der Waals surface area contributed by atoms with Crippen molar-refractivity contribution in [2.45, 2.75) is 26.3 Å². The third-order valence-corrected chi connectivity index (χ3v) is 1.59. The first-order valence-corrected chi connectivity index (χ1v) is 4.71. The highest BCUT2D eigenvalue weighted by molar-refractivity contribution is 6.50. The van der Waals surface area contributed by atoms with Crippen LogP contribution < -0.4 is 4.57 Å². The summed E-state index contributed by atoms with van der Waals surface area (Å²) < 4.78 is 43.3. The van der Waals surface area contributed by atoms with E-state index in [1.165, 1.54) is 12.8 Å². The molecule has 0 aliphatic carbocycles. The maximum atomic E-state index is 9.75. The van der Waals surface area contributed by atoms with E-state index in [2.05, 4.69) is 34.8 Å². The summed E-state index contributed by atoms with van der Waals surface area (Å²) in [4.78, 5) is 0. The summed E-state index contributed by atoms with van der Waals surface area (Å²) in [6.45, 7) is 3.36. The van der Waals surface area contributed by atoms with Gasteiger partial charge in [-0.25, -0.2) is 9.13 Å². The number of rotatable bonds is 3. The normalized spacial score (nSPS) is 10.8. The van der Waals surface area contributed by atoms with Crippen molar-refractivity contribution in [3.8, 4) is 0 Å². The number of nitrogens with zero attached hydrogens (tertiary/aromatic N) is 2. The molecule has 1 heterocycles. The highest BCUT2D eigenvalue weighted by atomic mass is 19.5. The summed E-state index contributed by atoms with van der Waals surface area (Å²) in [6, 6.07) is 0. The van der Waals surface area contributed by atoms with Gasteiger partial charge in [0.1, 0.15) is 12.4 Å². The maximum Gasteiger partial charge on any atom is 0.673 e. The lowest BCUT2D eigenvalue weighted by Crippen LogP contribution is -2.23. The van der Waals surface area contributed by atoms with Gasteiger partial charge < -0.3 is 17.3 Å². The topological polar surface area (TPSA) is 8.81 Å². The number of hydrogen-bond donors (Lipinski definition) is 0.